The zero-order valence-corrected chi connectivity index (χ0v) is 17.3. The second-order valence-electron chi connectivity index (χ2n) is 6.56. The van der Waals surface area contributed by atoms with E-state index < -0.39 is 0 Å². The van der Waals surface area contributed by atoms with Gasteiger partial charge in [0.05, 0.1) is 33.1 Å². The molecular formula is C20H27N3O4S. The van der Waals surface area contributed by atoms with Crippen LogP contribution in [0, 0.1) is 0 Å². The number of anilines is 1. The SMILES string of the molecule is COc1cc(NC(=O)NCC(c2ccsc2)N2CCCC2)cc(OC)c1OC. The van der Waals surface area contributed by atoms with Gasteiger partial charge >= 0.3 is 6.03 Å². The molecule has 1 aliphatic heterocycles. The minimum absolute atomic E-state index is 0.194. The van der Waals surface area contributed by atoms with Gasteiger partial charge in [-0.2, -0.15) is 11.3 Å². The van der Waals surface area contributed by atoms with E-state index in [1.54, 1.807) is 44.8 Å². The molecule has 1 fully saturated rings. The van der Waals surface area contributed by atoms with Crippen molar-refractivity contribution in [3.05, 3.63) is 34.5 Å². The van der Waals surface area contributed by atoms with Crippen molar-refractivity contribution in [1.82, 2.24) is 10.2 Å². The summed E-state index contributed by atoms with van der Waals surface area (Å²) in [4.78, 5) is 14.9. The molecule has 1 aliphatic rings. The van der Waals surface area contributed by atoms with Crippen LogP contribution in [-0.4, -0.2) is 51.9 Å². The highest BCUT2D eigenvalue weighted by molar-refractivity contribution is 7.07. The Morgan fingerprint density at radius 2 is 1.82 bits per heavy atom. The van der Waals surface area contributed by atoms with Crippen molar-refractivity contribution in [2.45, 2.75) is 18.9 Å². The van der Waals surface area contributed by atoms with Gasteiger partial charge in [0.2, 0.25) is 5.75 Å². The second-order valence-corrected chi connectivity index (χ2v) is 7.34. The van der Waals surface area contributed by atoms with Crippen LogP contribution >= 0.6 is 11.3 Å². The van der Waals surface area contributed by atoms with Crippen molar-refractivity contribution in [3.63, 3.8) is 0 Å². The molecule has 0 bridgehead atoms. The van der Waals surface area contributed by atoms with E-state index in [-0.39, 0.29) is 12.1 Å². The van der Waals surface area contributed by atoms with Crippen molar-refractivity contribution in [2.24, 2.45) is 0 Å². The fourth-order valence-electron chi connectivity index (χ4n) is 3.49. The van der Waals surface area contributed by atoms with Gasteiger partial charge in [-0.05, 0) is 48.3 Å². The highest BCUT2D eigenvalue weighted by atomic mass is 32.1. The van der Waals surface area contributed by atoms with E-state index in [0.29, 0.717) is 29.5 Å². The lowest BCUT2D eigenvalue weighted by Crippen LogP contribution is -2.38. The summed E-state index contributed by atoms with van der Waals surface area (Å²) in [5.41, 5.74) is 1.82. The number of urea groups is 1. The van der Waals surface area contributed by atoms with Gasteiger partial charge in [0.25, 0.3) is 0 Å². The molecule has 1 atom stereocenters. The zero-order valence-electron chi connectivity index (χ0n) is 16.5. The summed E-state index contributed by atoms with van der Waals surface area (Å²) in [6, 6.07) is 5.47. The normalized spacial score (nSPS) is 15.1. The van der Waals surface area contributed by atoms with Crippen LogP contribution in [0.1, 0.15) is 24.4 Å². The maximum atomic E-state index is 12.5. The van der Waals surface area contributed by atoms with Crippen molar-refractivity contribution in [1.29, 1.82) is 0 Å². The third-order valence-corrected chi connectivity index (χ3v) is 5.59. The molecular weight excluding hydrogens is 378 g/mol. The molecule has 2 heterocycles. The minimum atomic E-state index is -0.270. The van der Waals surface area contributed by atoms with Gasteiger partial charge in [0.15, 0.2) is 11.5 Å². The van der Waals surface area contributed by atoms with Gasteiger partial charge in [0.1, 0.15) is 0 Å². The van der Waals surface area contributed by atoms with E-state index in [0.717, 1.165) is 13.1 Å². The third kappa shape index (κ3) is 4.69. The van der Waals surface area contributed by atoms with Gasteiger partial charge in [-0.1, -0.05) is 0 Å². The van der Waals surface area contributed by atoms with Crippen LogP contribution < -0.4 is 24.8 Å². The topological polar surface area (TPSA) is 72.1 Å². The lowest BCUT2D eigenvalue weighted by molar-refractivity contribution is 0.228. The molecule has 2 aromatic rings. The predicted octanol–water partition coefficient (Wildman–Crippen LogP) is 3.73. The summed E-state index contributed by atoms with van der Waals surface area (Å²) in [5, 5.41) is 10.1. The summed E-state index contributed by atoms with van der Waals surface area (Å²) < 4.78 is 16.0. The first-order chi connectivity index (χ1) is 13.7. The summed E-state index contributed by atoms with van der Waals surface area (Å²) in [7, 11) is 4.63. The maximum Gasteiger partial charge on any atom is 0.319 e. The number of ether oxygens (including phenoxy) is 3. The number of thiophene rings is 1. The Bertz CT molecular complexity index is 751. The van der Waals surface area contributed by atoms with E-state index in [1.807, 2.05) is 0 Å². The molecule has 0 radical (unpaired) electrons. The number of amides is 2. The largest absolute Gasteiger partial charge is 0.493 e. The Kier molecular flexibility index (Phi) is 7.00. The molecule has 1 unspecified atom stereocenters. The van der Waals surface area contributed by atoms with Crippen molar-refractivity contribution in [2.75, 3.05) is 46.3 Å². The summed E-state index contributed by atoms with van der Waals surface area (Å²) in [5.74, 6) is 1.47. The number of nitrogens with zero attached hydrogens (tertiary/aromatic N) is 1. The fourth-order valence-corrected chi connectivity index (χ4v) is 4.20. The Labute approximate surface area is 169 Å². The third-order valence-electron chi connectivity index (χ3n) is 4.89. The molecule has 1 aromatic heterocycles. The van der Waals surface area contributed by atoms with Gasteiger partial charge in [-0.25, -0.2) is 4.79 Å². The standard InChI is InChI=1S/C20H27N3O4S/c1-25-17-10-15(11-18(26-2)19(17)27-3)22-20(24)21-12-16(14-6-9-28-13-14)23-7-4-5-8-23/h6,9-11,13,16H,4-5,7-8,12H2,1-3H3,(H2,21,22,24). The van der Waals surface area contributed by atoms with E-state index in [2.05, 4.69) is 32.4 Å². The fraction of sp³-hybridized carbons (Fsp3) is 0.450. The molecule has 1 aromatic carbocycles. The monoisotopic (exact) mass is 405 g/mol. The molecule has 1 saturated heterocycles. The number of carbonyl (C=O) groups is 1. The van der Waals surface area contributed by atoms with Gasteiger partial charge in [-0.15, -0.1) is 0 Å². The quantitative estimate of drug-likeness (QED) is 0.700. The second kappa shape index (κ2) is 9.66. The number of nitrogens with one attached hydrogen (secondary N) is 2. The van der Waals surface area contributed by atoms with Crippen LogP contribution in [0.25, 0.3) is 0 Å². The van der Waals surface area contributed by atoms with E-state index >= 15 is 0 Å². The highest BCUT2D eigenvalue weighted by Crippen LogP contribution is 2.39. The van der Waals surface area contributed by atoms with Gasteiger partial charge in [0, 0.05) is 18.7 Å². The molecule has 8 heteroatoms. The smallest absolute Gasteiger partial charge is 0.319 e. The van der Waals surface area contributed by atoms with E-state index in [4.69, 9.17) is 14.2 Å². The van der Waals surface area contributed by atoms with Crippen LogP contribution in [0.4, 0.5) is 10.5 Å². The predicted molar refractivity (Wildman–Crippen MR) is 111 cm³/mol. The van der Waals surface area contributed by atoms with Crippen LogP contribution in [0.5, 0.6) is 17.2 Å². The Morgan fingerprint density at radius 1 is 1.14 bits per heavy atom. The van der Waals surface area contributed by atoms with Crippen LogP contribution in [0.15, 0.2) is 29.0 Å². The first kappa shape index (κ1) is 20.3. The number of rotatable bonds is 8. The number of carbonyl (C=O) groups excluding carboxylic acids is 1. The Morgan fingerprint density at radius 3 is 2.36 bits per heavy atom. The Balaban J connectivity index is 1.66. The van der Waals surface area contributed by atoms with Crippen LogP contribution in [0.2, 0.25) is 0 Å². The summed E-state index contributed by atoms with van der Waals surface area (Å²) in [6.07, 6.45) is 2.41. The van der Waals surface area contributed by atoms with Crippen molar-refractivity contribution >= 4 is 23.1 Å². The Hall–Kier alpha value is -2.45. The van der Waals surface area contributed by atoms with Gasteiger partial charge < -0.3 is 24.8 Å². The van der Waals surface area contributed by atoms with Crippen molar-refractivity contribution < 1.29 is 19.0 Å². The number of likely N-dealkylation sites (tertiary alicyclic amines) is 1. The van der Waals surface area contributed by atoms with E-state index in [1.165, 1.54) is 18.4 Å². The maximum absolute atomic E-state index is 12.5. The van der Waals surface area contributed by atoms with Gasteiger partial charge in [-0.3, -0.25) is 4.90 Å². The summed E-state index contributed by atoms with van der Waals surface area (Å²) in [6.45, 7) is 2.68. The first-order valence-electron chi connectivity index (χ1n) is 9.27. The van der Waals surface area contributed by atoms with Crippen LogP contribution in [0.3, 0.4) is 0 Å². The minimum Gasteiger partial charge on any atom is -0.493 e. The number of hydrogen-bond acceptors (Lipinski definition) is 6. The highest BCUT2D eigenvalue weighted by Gasteiger charge is 2.24. The lowest BCUT2D eigenvalue weighted by Gasteiger charge is -2.27. The average molecular weight is 406 g/mol. The number of hydrogen-bond donors (Lipinski definition) is 2. The molecule has 0 spiro atoms. The van der Waals surface area contributed by atoms with Crippen LogP contribution in [-0.2, 0) is 0 Å². The molecule has 3 rings (SSSR count). The zero-order chi connectivity index (χ0) is 19.9. The summed E-state index contributed by atoms with van der Waals surface area (Å²) >= 11 is 1.68. The first-order valence-corrected chi connectivity index (χ1v) is 10.2. The molecule has 28 heavy (non-hydrogen) atoms. The molecule has 2 amide bonds. The lowest BCUT2D eigenvalue weighted by atomic mass is 10.1. The number of methoxy groups -OCH3 is 3. The molecule has 152 valence electrons. The van der Waals surface area contributed by atoms with E-state index in [9.17, 15) is 4.79 Å². The molecule has 0 aliphatic carbocycles. The number of benzene rings is 1. The molecule has 7 nitrogen and oxygen atoms in total. The average Bonchev–Trinajstić information content (AvgIpc) is 3.42. The van der Waals surface area contributed by atoms with Crippen molar-refractivity contribution in [3.8, 4) is 17.2 Å². The molecule has 2 N–H and O–H groups in total. The molecule has 0 saturated carbocycles.